The number of nitrogens with zero attached hydrogens (tertiary/aromatic N) is 4. The molecule has 1 atom stereocenters. The Hall–Kier alpha value is -3.49. The summed E-state index contributed by atoms with van der Waals surface area (Å²) >= 11 is 0. The van der Waals surface area contributed by atoms with Crippen molar-refractivity contribution in [2.24, 2.45) is 7.05 Å². The van der Waals surface area contributed by atoms with Crippen molar-refractivity contribution in [2.75, 3.05) is 11.9 Å². The molecule has 0 bridgehead atoms. The average molecular weight is 366 g/mol. The highest BCUT2D eigenvalue weighted by molar-refractivity contribution is 5.97. The normalized spacial score (nSPS) is 15.9. The van der Waals surface area contributed by atoms with Gasteiger partial charge in [-0.25, -0.2) is 4.79 Å². The average Bonchev–Trinajstić information content (AvgIpc) is 3.28. The van der Waals surface area contributed by atoms with E-state index in [1.165, 1.54) is 0 Å². The summed E-state index contributed by atoms with van der Waals surface area (Å²) in [5, 5.41) is 14.1. The second kappa shape index (κ2) is 6.67. The number of hydrogen-bond acceptors (Lipinski definition) is 6. The Bertz CT molecular complexity index is 1010. The van der Waals surface area contributed by atoms with E-state index in [9.17, 15) is 9.59 Å². The fraction of sp³-hybridized carbons (Fsp3) is 0.278. The van der Waals surface area contributed by atoms with Gasteiger partial charge in [0, 0.05) is 36.7 Å². The summed E-state index contributed by atoms with van der Waals surface area (Å²) in [5.41, 5.74) is 3.02. The number of nitrogens with one attached hydrogen (secondary N) is 2. The quantitative estimate of drug-likeness (QED) is 0.681. The lowest BCUT2D eigenvalue weighted by molar-refractivity contribution is -0.116. The van der Waals surface area contributed by atoms with E-state index >= 15 is 0 Å². The lowest BCUT2D eigenvalue weighted by Crippen LogP contribution is -2.25. The van der Waals surface area contributed by atoms with Gasteiger partial charge in [-0.3, -0.25) is 19.6 Å². The van der Waals surface area contributed by atoms with E-state index in [1.807, 2.05) is 18.2 Å². The van der Waals surface area contributed by atoms with Crippen LogP contribution in [0.2, 0.25) is 0 Å². The molecule has 2 N–H and O–H groups in total. The Morgan fingerprint density at radius 3 is 3.00 bits per heavy atom. The van der Waals surface area contributed by atoms with Gasteiger partial charge in [0.05, 0.1) is 18.5 Å². The number of ether oxygens (including phenoxy) is 1. The van der Waals surface area contributed by atoms with Gasteiger partial charge in [-0.1, -0.05) is 6.07 Å². The molecule has 0 aromatic carbocycles. The van der Waals surface area contributed by atoms with Crippen LogP contribution in [0.5, 0.6) is 0 Å². The molecule has 9 heteroatoms. The summed E-state index contributed by atoms with van der Waals surface area (Å²) in [7, 11) is 1.76. The molecule has 0 unspecified atom stereocenters. The number of rotatable bonds is 4. The number of pyridine rings is 1. The number of fused-ring (bicyclic) bond motifs is 1. The van der Waals surface area contributed by atoms with Gasteiger partial charge < -0.3 is 10.1 Å². The number of carbonyl (C=O) groups excluding carboxylic acids is 2. The standard InChI is InChI=1S/C18H18N6O3/c1-3-27-18(26)15-11(9-20-22-15)10-8-13(25)21-17-14(10)16(23-24(17)2)12-6-4-5-7-19-12/h4-7,9-10H,3,8H2,1-2H3,(H,20,22)(H,21,25)/t10-/m0/s1. The molecular weight excluding hydrogens is 348 g/mol. The van der Waals surface area contributed by atoms with E-state index in [0.717, 1.165) is 5.56 Å². The van der Waals surface area contributed by atoms with Crippen molar-refractivity contribution in [1.29, 1.82) is 0 Å². The summed E-state index contributed by atoms with van der Waals surface area (Å²) in [6.45, 7) is 1.99. The van der Waals surface area contributed by atoms with Crippen molar-refractivity contribution in [2.45, 2.75) is 19.3 Å². The van der Waals surface area contributed by atoms with E-state index in [4.69, 9.17) is 4.74 Å². The molecule has 4 heterocycles. The number of anilines is 1. The van der Waals surface area contributed by atoms with Crippen LogP contribution in [-0.4, -0.2) is 43.4 Å². The van der Waals surface area contributed by atoms with Crippen LogP contribution >= 0.6 is 0 Å². The van der Waals surface area contributed by atoms with Crippen LogP contribution in [0.4, 0.5) is 5.82 Å². The van der Waals surface area contributed by atoms with Gasteiger partial charge in [0.25, 0.3) is 0 Å². The first kappa shape index (κ1) is 17.0. The van der Waals surface area contributed by atoms with E-state index < -0.39 is 11.9 Å². The third kappa shape index (κ3) is 2.86. The molecule has 0 aliphatic carbocycles. The van der Waals surface area contributed by atoms with Gasteiger partial charge in [0.2, 0.25) is 5.91 Å². The smallest absolute Gasteiger partial charge is 0.356 e. The number of hydrogen-bond donors (Lipinski definition) is 2. The van der Waals surface area contributed by atoms with Crippen molar-refractivity contribution in [3.05, 3.63) is 47.4 Å². The summed E-state index contributed by atoms with van der Waals surface area (Å²) < 4.78 is 6.73. The molecule has 0 fully saturated rings. The Morgan fingerprint density at radius 1 is 1.41 bits per heavy atom. The second-order valence-corrected chi connectivity index (χ2v) is 6.18. The van der Waals surface area contributed by atoms with Crippen LogP contribution in [0.15, 0.2) is 30.6 Å². The van der Waals surface area contributed by atoms with E-state index in [0.29, 0.717) is 22.8 Å². The Kier molecular flexibility index (Phi) is 4.19. The minimum atomic E-state index is -0.499. The van der Waals surface area contributed by atoms with Crippen molar-refractivity contribution >= 4 is 17.7 Å². The molecule has 1 aliphatic rings. The summed E-state index contributed by atoms with van der Waals surface area (Å²) in [6.07, 6.45) is 3.42. The molecule has 138 valence electrons. The molecule has 0 saturated carbocycles. The van der Waals surface area contributed by atoms with E-state index in [-0.39, 0.29) is 24.6 Å². The Morgan fingerprint density at radius 2 is 2.26 bits per heavy atom. The number of amides is 1. The number of aromatic nitrogens is 5. The lowest BCUT2D eigenvalue weighted by Gasteiger charge is -2.23. The van der Waals surface area contributed by atoms with Gasteiger partial charge in [-0.15, -0.1) is 0 Å². The molecule has 9 nitrogen and oxygen atoms in total. The summed E-state index contributed by atoms with van der Waals surface area (Å²) in [6, 6.07) is 5.56. The third-order valence-electron chi connectivity index (χ3n) is 4.51. The van der Waals surface area contributed by atoms with Crippen LogP contribution in [0.25, 0.3) is 11.4 Å². The van der Waals surface area contributed by atoms with Gasteiger partial charge in [-0.2, -0.15) is 10.2 Å². The number of aryl methyl sites for hydroxylation is 1. The monoisotopic (exact) mass is 366 g/mol. The number of aromatic amines is 1. The summed E-state index contributed by atoms with van der Waals surface area (Å²) in [4.78, 5) is 29.0. The zero-order valence-electron chi connectivity index (χ0n) is 14.9. The van der Waals surface area contributed by atoms with E-state index in [2.05, 4.69) is 25.6 Å². The largest absolute Gasteiger partial charge is 0.461 e. The van der Waals surface area contributed by atoms with E-state index in [1.54, 1.807) is 31.0 Å². The summed E-state index contributed by atoms with van der Waals surface area (Å²) in [5.74, 6) is -0.453. The molecule has 3 aromatic heterocycles. The fourth-order valence-corrected chi connectivity index (χ4v) is 3.37. The SMILES string of the molecule is CCOC(=O)c1[nH]ncc1[C@@H]1CC(=O)Nc2c1c(-c1ccccn1)nn2C. The topological polar surface area (TPSA) is 115 Å². The van der Waals surface area contributed by atoms with Gasteiger partial charge in [0.1, 0.15) is 17.2 Å². The first-order chi connectivity index (χ1) is 13.1. The van der Waals surface area contributed by atoms with Crippen molar-refractivity contribution < 1.29 is 14.3 Å². The minimum Gasteiger partial charge on any atom is -0.461 e. The second-order valence-electron chi connectivity index (χ2n) is 6.18. The molecule has 0 spiro atoms. The van der Waals surface area contributed by atoms with Gasteiger partial charge >= 0.3 is 5.97 Å². The van der Waals surface area contributed by atoms with Crippen LogP contribution in [-0.2, 0) is 16.6 Å². The Labute approximate surface area is 154 Å². The predicted octanol–water partition coefficient (Wildman–Crippen LogP) is 1.86. The molecule has 3 aromatic rings. The predicted molar refractivity (Wildman–Crippen MR) is 96.1 cm³/mol. The minimum absolute atomic E-state index is 0.154. The zero-order valence-corrected chi connectivity index (χ0v) is 14.9. The van der Waals surface area contributed by atoms with Crippen LogP contribution < -0.4 is 5.32 Å². The molecule has 1 aliphatic heterocycles. The van der Waals surface area contributed by atoms with Crippen LogP contribution in [0.3, 0.4) is 0 Å². The first-order valence-electron chi connectivity index (χ1n) is 8.58. The van der Waals surface area contributed by atoms with Crippen molar-refractivity contribution in [3.8, 4) is 11.4 Å². The number of H-pyrrole nitrogens is 1. The molecule has 0 saturated heterocycles. The zero-order chi connectivity index (χ0) is 19.0. The third-order valence-corrected chi connectivity index (χ3v) is 4.51. The molecule has 4 rings (SSSR count). The lowest BCUT2D eigenvalue weighted by atomic mass is 9.85. The van der Waals surface area contributed by atoms with Crippen LogP contribution in [0.1, 0.15) is 40.9 Å². The number of carbonyl (C=O) groups is 2. The molecule has 0 radical (unpaired) electrons. The van der Waals surface area contributed by atoms with Gasteiger partial charge in [0.15, 0.2) is 0 Å². The van der Waals surface area contributed by atoms with Crippen LogP contribution in [0, 0.1) is 0 Å². The highest BCUT2D eigenvalue weighted by Gasteiger charge is 2.36. The Balaban J connectivity index is 1.88. The van der Waals surface area contributed by atoms with Gasteiger partial charge in [-0.05, 0) is 19.1 Å². The number of esters is 1. The maximum atomic E-state index is 12.3. The molecular formula is C18H18N6O3. The maximum Gasteiger partial charge on any atom is 0.356 e. The molecule has 27 heavy (non-hydrogen) atoms. The fourth-order valence-electron chi connectivity index (χ4n) is 3.37. The highest BCUT2D eigenvalue weighted by Crippen LogP contribution is 2.42. The van der Waals surface area contributed by atoms with Crippen molar-refractivity contribution in [1.82, 2.24) is 25.0 Å². The van der Waals surface area contributed by atoms with Crippen molar-refractivity contribution in [3.63, 3.8) is 0 Å². The highest BCUT2D eigenvalue weighted by atomic mass is 16.5. The maximum absolute atomic E-state index is 12.3. The first-order valence-corrected chi connectivity index (χ1v) is 8.58. The molecule has 1 amide bonds.